The molecule has 2 heterocycles. The van der Waals surface area contributed by atoms with Gasteiger partial charge in [-0.1, -0.05) is 26.8 Å². The molecule has 0 spiro atoms. The normalized spacial score (nSPS) is 11.3. The highest BCUT2D eigenvalue weighted by atomic mass is 16.5. The zero-order chi connectivity index (χ0) is 26.6. The number of nitrogens with zero attached hydrogens (tertiary/aromatic N) is 1. The lowest BCUT2D eigenvalue weighted by Gasteiger charge is -2.28. The van der Waals surface area contributed by atoms with Gasteiger partial charge in [-0.15, -0.1) is 4.98 Å². The van der Waals surface area contributed by atoms with Crippen LogP contribution in [-0.2, 0) is 11.8 Å². The minimum atomic E-state index is -0.343. The summed E-state index contributed by atoms with van der Waals surface area (Å²) in [7, 11) is 3.09. The van der Waals surface area contributed by atoms with Crippen molar-refractivity contribution in [1.29, 1.82) is 0 Å². The third-order valence-electron chi connectivity index (χ3n) is 6.40. The van der Waals surface area contributed by atoms with E-state index in [0.717, 1.165) is 23.1 Å². The number of aromatic amines is 2. The van der Waals surface area contributed by atoms with Gasteiger partial charge in [0.05, 0.1) is 19.8 Å². The molecule has 0 aliphatic heterocycles. The average Bonchev–Trinajstić information content (AvgIpc) is 3.39. The van der Waals surface area contributed by atoms with Crippen LogP contribution in [0.2, 0.25) is 0 Å². The van der Waals surface area contributed by atoms with Crippen LogP contribution in [0.25, 0.3) is 11.2 Å². The highest BCUT2D eigenvalue weighted by Gasteiger charge is 2.25. The molecule has 0 aliphatic carbocycles. The Bertz CT molecular complexity index is 1440. The summed E-state index contributed by atoms with van der Waals surface area (Å²) in [4.78, 5) is 35.9. The Morgan fingerprint density at radius 3 is 2.51 bits per heavy atom. The summed E-state index contributed by atoms with van der Waals surface area (Å²) in [6, 6.07) is 12.7. The molecule has 0 unspecified atom stereocenters. The first-order valence-electron chi connectivity index (χ1n) is 12.1. The average molecular weight is 503 g/mol. The van der Waals surface area contributed by atoms with E-state index in [1.54, 1.807) is 43.9 Å². The molecule has 4 N–H and O–H groups in total. The molecule has 0 radical (unpaired) electrons. The zero-order valence-corrected chi connectivity index (χ0v) is 21.7. The summed E-state index contributed by atoms with van der Waals surface area (Å²) in [5.74, 6) is 0.623. The topological polar surface area (TPSA) is 119 Å². The largest absolute Gasteiger partial charge is 0.493 e. The lowest BCUT2D eigenvalue weighted by atomic mass is 9.80. The molecular weight excluding hydrogens is 470 g/mol. The second kappa shape index (κ2) is 10.7. The van der Waals surface area contributed by atoms with E-state index in [-0.39, 0.29) is 17.2 Å². The molecule has 2 amide bonds. The molecule has 0 fully saturated rings. The van der Waals surface area contributed by atoms with Gasteiger partial charge >= 0.3 is 0 Å². The van der Waals surface area contributed by atoms with Crippen LogP contribution in [0, 0.1) is 0 Å². The van der Waals surface area contributed by atoms with Crippen molar-refractivity contribution in [3.8, 4) is 11.5 Å². The van der Waals surface area contributed by atoms with Crippen molar-refractivity contribution in [3.63, 3.8) is 0 Å². The van der Waals surface area contributed by atoms with E-state index in [0.29, 0.717) is 40.5 Å². The summed E-state index contributed by atoms with van der Waals surface area (Å²) < 4.78 is 10.6. The smallest absolute Gasteiger partial charge is 0.299 e. The number of aromatic nitrogens is 3. The molecule has 4 rings (SSSR count). The number of anilines is 1. The molecule has 37 heavy (non-hydrogen) atoms. The van der Waals surface area contributed by atoms with Gasteiger partial charge in [0.2, 0.25) is 0 Å². The van der Waals surface area contributed by atoms with Crippen molar-refractivity contribution in [1.82, 2.24) is 15.3 Å². The van der Waals surface area contributed by atoms with Gasteiger partial charge in [-0.2, -0.15) is 0 Å². The van der Waals surface area contributed by atoms with Crippen molar-refractivity contribution in [2.45, 2.75) is 32.6 Å². The number of ether oxygens (including phenoxy) is 2. The van der Waals surface area contributed by atoms with Gasteiger partial charge in [0.1, 0.15) is 6.20 Å². The molecular formula is C28H32N5O4+. The molecule has 9 heteroatoms. The zero-order valence-electron chi connectivity index (χ0n) is 21.7. The van der Waals surface area contributed by atoms with Crippen LogP contribution >= 0.6 is 0 Å². The van der Waals surface area contributed by atoms with Gasteiger partial charge in [-0.05, 0) is 53.9 Å². The van der Waals surface area contributed by atoms with E-state index in [1.807, 2.05) is 18.2 Å². The van der Waals surface area contributed by atoms with E-state index in [2.05, 4.69) is 46.4 Å². The number of carbonyl (C=O) groups excluding carboxylic acids is 2. The molecule has 0 saturated heterocycles. The number of benzene rings is 2. The van der Waals surface area contributed by atoms with E-state index in [4.69, 9.17) is 9.47 Å². The van der Waals surface area contributed by atoms with Gasteiger partial charge in [0, 0.05) is 23.2 Å². The minimum Gasteiger partial charge on any atom is -0.493 e. The summed E-state index contributed by atoms with van der Waals surface area (Å²) in [6.07, 6.45) is 4.01. The van der Waals surface area contributed by atoms with E-state index in [9.17, 15) is 9.59 Å². The molecule has 0 aliphatic rings. The van der Waals surface area contributed by atoms with Gasteiger partial charge in [-0.3, -0.25) is 14.6 Å². The van der Waals surface area contributed by atoms with E-state index in [1.165, 1.54) is 7.11 Å². The summed E-state index contributed by atoms with van der Waals surface area (Å²) in [6.45, 7) is 6.68. The second-order valence-corrected chi connectivity index (χ2v) is 9.37. The molecule has 0 saturated carbocycles. The number of imidazole rings is 1. The Labute approximate surface area is 215 Å². The van der Waals surface area contributed by atoms with Gasteiger partial charge in [-0.25, -0.2) is 4.98 Å². The Morgan fingerprint density at radius 2 is 1.78 bits per heavy atom. The Balaban J connectivity index is 1.47. The van der Waals surface area contributed by atoms with E-state index >= 15 is 0 Å². The van der Waals surface area contributed by atoms with Crippen LogP contribution in [0.4, 0.5) is 5.69 Å². The maximum absolute atomic E-state index is 12.9. The first kappa shape index (κ1) is 25.7. The number of H-pyrrole nitrogens is 2. The fourth-order valence-corrected chi connectivity index (χ4v) is 4.30. The lowest BCUT2D eigenvalue weighted by Crippen LogP contribution is -2.37. The van der Waals surface area contributed by atoms with Crippen LogP contribution in [0.1, 0.15) is 52.6 Å². The number of methoxy groups -OCH3 is 2. The SMILES string of the molecule is CCc1cc(NC(=O)c2ccc(OC)c(OC)c2)ccc1C(C)(C)CNC(=O)c1cnc2[nH+]c[nH]c2c1. The number of rotatable bonds is 9. The van der Waals surface area contributed by atoms with Crippen molar-refractivity contribution >= 4 is 28.7 Å². The third-order valence-corrected chi connectivity index (χ3v) is 6.40. The molecule has 2 aromatic carbocycles. The number of pyridine rings is 1. The fourth-order valence-electron chi connectivity index (χ4n) is 4.30. The number of nitrogens with one attached hydrogen (secondary N) is 4. The highest BCUT2D eigenvalue weighted by Crippen LogP contribution is 2.30. The van der Waals surface area contributed by atoms with Crippen LogP contribution in [0.5, 0.6) is 11.5 Å². The Morgan fingerprint density at radius 1 is 1.00 bits per heavy atom. The molecule has 2 aromatic heterocycles. The Hall–Kier alpha value is -4.40. The summed E-state index contributed by atoms with van der Waals surface area (Å²) in [5, 5.41) is 6.01. The lowest BCUT2D eigenvalue weighted by molar-refractivity contribution is -0.347. The maximum atomic E-state index is 12.9. The van der Waals surface area contributed by atoms with Crippen molar-refractivity contribution in [3.05, 3.63) is 77.2 Å². The first-order valence-corrected chi connectivity index (χ1v) is 12.1. The predicted octanol–water partition coefficient (Wildman–Crippen LogP) is 3.92. The molecule has 4 aromatic rings. The second-order valence-electron chi connectivity index (χ2n) is 9.37. The van der Waals surface area contributed by atoms with Crippen molar-refractivity contribution in [2.24, 2.45) is 0 Å². The van der Waals surface area contributed by atoms with E-state index < -0.39 is 0 Å². The monoisotopic (exact) mass is 502 g/mol. The molecule has 0 atom stereocenters. The van der Waals surface area contributed by atoms with Crippen molar-refractivity contribution < 1.29 is 24.0 Å². The van der Waals surface area contributed by atoms with Crippen molar-refractivity contribution in [2.75, 3.05) is 26.1 Å². The number of hydrogen-bond donors (Lipinski definition) is 3. The quantitative estimate of drug-likeness (QED) is 0.321. The summed E-state index contributed by atoms with van der Waals surface area (Å²) >= 11 is 0. The highest BCUT2D eigenvalue weighted by molar-refractivity contribution is 6.04. The summed E-state index contributed by atoms with van der Waals surface area (Å²) in [5.41, 5.74) is 4.97. The number of amides is 2. The van der Waals surface area contributed by atoms with Gasteiger partial charge in [0.15, 0.2) is 23.3 Å². The van der Waals surface area contributed by atoms with Crippen LogP contribution < -0.4 is 25.1 Å². The standard InChI is InChI=1S/C28H31N5O4/c1-6-17-11-20(33-27(35)18-7-10-23(36-4)24(13-18)37-5)8-9-21(17)28(2,3)15-30-26(34)19-12-22-25(29-14-19)32-16-31-22/h7-14,16H,6,15H2,1-5H3,(H,30,34)(H,33,35)(H,29,31,32)/p+1. The van der Waals surface area contributed by atoms with Gasteiger partial charge in [0.25, 0.3) is 17.5 Å². The Kier molecular flexibility index (Phi) is 7.42. The molecule has 9 nitrogen and oxygen atoms in total. The fraction of sp³-hybridized carbons (Fsp3) is 0.286. The predicted molar refractivity (Wildman–Crippen MR) is 141 cm³/mol. The number of carbonyl (C=O) groups is 2. The van der Waals surface area contributed by atoms with Crippen LogP contribution in [-0.4, -0.2) is 42.5 Å². The maximum Gasteiger partial charge on any atom is 0.299 e. The van der Waals surface area contributed by atoms with Crippen LogP contribution in [0.15, 0.2) is 55.0 Å². The third kappa shape index (κ3) is 5.55. The molecule has 0 bridgehead atoms. The minimum absolute atomic E-state index is 0.186. The first-order chi connectivity index (χ1) is 17.7. The van der Waals surface area contributed by atoms with Gasteiger partial charge < -0.3 is 20.1 Å². The number of fused-ring (bicyclic) bond motifs is 1. The number of hydrogen-bond acceptors (Lipinski definition) is 5. The molecule has 192 valence electrons. The van der Waals surface area contributed by atoms with Crippen LogP contribution in [0.3, 0.4) is 0 Å². The number of aryl methyl sites for hydroxylation is 1.